The van der Waals surface area contributed by atoms with Gasteiger partial charge >= 0.3 is 5.97 Å². The Balaban J connectivity index is 1.66. The highest BCUT2D eigenvalue weighted by molar-refractivity contribution is 6.40. The number of carbonyl (C=O) groups is 2. The number of hydrogen-bond acceptors (Lipinski definition) is 5. The van der Waals surface area contributed by atoms with Gasteiger partial charge in [-0.15, -0.1) is 0 Å². The second-order valence-corrected chi connectivity index (χ2v) is 6.23. The highest BCUT2D eigenvalue weighted by atomic mass is 16.5. The summed E-state index contributed by atoms with van der Waals surface area (Å²) in [6.07, 6.45) is 7.00. The third kappa shape index (κ3) is 3.64. The number of nitrogens with zero attached hydrogens (tertiary/aromatic N) is 1. The van der Waals surface area contributed by atoms with Gasteiger partial charge in [0.1, 0.15) is 0 Å². The molecule has 3 rings (SSSR count). The number of esters is 1. The first-order chi connectivity index (χ1) is 11.1. The van der Waals surface area contributed by atoms with Gasteiger partial charge in [-0.05, 0) is 32.3 Å². The van der Waals surface area contributed by atoms with E-state index in [4.69, 9.17) is 14.2 Å². The molecule has 1 aromatic heterocycles. The van der Waals surface area contributed by atoms with Gasteiger partial charge in [0.15, 0.2) is 0 Å². The molecule has 0 amide bonds. The van der Waals surface area contributed by atoms with Crippen molar-refractivity contribution in [2.45, 2.75) is 38.8 Å². The van der Waals surface area contributed by atoms with Crippen LogP contribution in [0.4, 0.5) is 0 Å². The lowest BCUT2D eigenvalue weighted by molar-refractivity contribution is -0.137. The number of ketones is 1. The van der Waals surface area contributed by atoms with E-state index in [1.54, 1.807) is 19.2 Å². The minimum absolute atomic E-state index is 0.129. The minimum atomic E-state index is -0.803. The molecule has 0 bridgehead atoms. The van der Waals surface area contributed by atoms with Crippen LogP contribution in [0.2, 0.25) is 0 Å². The van der Waals surface area contributed by atoms with Gasteiger partial charge < -0.3 is 18.8 Å². The van der Waals surface area contributed by atoms with Crippen LogP contribution >= 0.6 is 0 Å². The zero-order valence-electron chi connectivity index (χ0n) is 13.5. The molecule has 1 aliphatic heterocycles. The molecule has 0 N–H and O–H groups in total. The van der Waals surface area contributed by atoms with E-state index in [9.17, 15) is 9.59 Å². The largest absolute Gasteiger partial charge is 0.460 e. The van der Waals surface area contributed by atoms with E-state index in [1.165, 1.54) is 0 Å². The molecule has 0 radical (unpaired) electrons. The summed E-state index contributed by atoms with van der Waals surface area (Å²) in [5.41, 5.74) is 0.582. The van der Waals surface area contributed by atoms with Crippen molar-refractivity contribution in [2.24, 2.45) is 5.41 Å². The normalized spacial score (nSPS) is 23.1. The van der Waals surface area contributed by atoms with Gasteiger partial charge in [-0.25, -0.2) is 4.79 Å². The molecular formula is C17H23NO5. The Morgan fingerprint density at radius 1 is 1.30 bits per heavy atom. The van der Waals surface area contributed by atoms with E-state index < -0.39 is 11.8 Å². The summed E-state index contributed by atoms with van der Waals surface area (Å²) < 4.78 is 18.2. The SMILES string of the molecule is CCOC(=O)C(=O)c1ccn(CC2OCCOCCC23CC3)c1. The fourth-order valence-electron chi connectivity index (χ4n) is 3.14. The number of carbonyl (C=O) groups excluding carboxylic acids is 2. The first kappa shape index (κ1) is 16.2. The lowest BCUT2D eigenvalue weighted by Crippen LogP contribution is -2.34. The van der Waals surface area contributed by atoms with Crippen LogP contribution in [0.1, 0.15) is 36.5 Å². The van der Waals surface area contributed by atoms with Crippen molar-refractivity contribution < 1.29 is 23.8 Å². The highest BCUT2D eigenvalue weighted by Gasteiger charge is 2.50. The summed E-state index contributed by atoms with van der Waals surface area (Å²) in [5.74, 6) is -1.40. The van der Waals surface area contributed by atoms with E-state index in [1.807, 2.05) is 10.8 Å². The average molecular weight is 321 g/mol. The zero-order chi connectivity index (χ0) is 16.3. The van der Waals surface area contributed by atoms with Crippen molar-refractivity contribution in [1.82, 2.24) is 4.57 Å². The maximum absolute atomic E-state index is 11.9. The van der Waals surface area contributed by atoms with Crippen molar-refractivity contribution in [3.8, 4) is 0 Å². The van der Waals surface area contributed by atoms with Crippen molar-refractivity contribution in [2.75, 3.05) is 26.4 Å². The third-order valence-corrected chi connectivity index (χ3v) is 4.72. The Hall–Kier alpha value is -1.66. The van der Waals surface area contributed by atoms with E-state index in [0.717, 1.165) is 25.9 Å². The monoisotopic (exact) mass is 321 g/mol. The molecule has 1 saturated carbocycles. The topological polar surface area (TPSA) is 66.8 Å². The predicted octanol–water partition coefficient (Wildman–Crippen LogP) is 1.82. The van der Waals surface area contributed by atoms with E-state index in [-0.39, 0.29) is 18.1 Å². The Morgan fingerprint density at radius 2 is 2.13 bits per heavy atom. The van der Waals surface area contributed by atoms with Crippen LogP contribution in [0, 0.1) is 5.41 Å². The van der Waals surface area contributed by atoms with Gasteiger partial charge in [0.25, 0.3) is 5.78 Å². The fraction of sp³-hybridized carbons (Fsp3) is 0.647. The van der Waals surface area contributed by atoms with Crippen LogP contribution in [-0.4, -0.2) is 48.9 Å². The van der Waals surface area contributed by atoms with E-state index in [2.05, 4.69) is 0 Å². The van der Waals surface area contributed by atoms with Crippen molar-refractivity contribution in [3.05, 3.63) is 24.0 Å². The smallest absolute Gasteiger partial charge is 0.379 e. The highest BCUT2D eigenvalue weighted by Crippen LogP contribution is 2.53. The van der Waals surface area contributed by atoms with Gasteiger partial charge in [-0.3, -0.25) is 4.79 Å². The van der Waals surface area contributed by atoms with Gasteiger partial charge in [-0.1, -0.05) is 0 Å². The van der Waals surface area contributed by atoms with Gasteiger partial charge in [0, 0.05) is 36.5 Å². The van der Waals surface area contributed by atoms with Gasteiger partial charge in [0.2, 0.25) is 0 Å². The summed E-state index contributed by atoms with van der Waals surface area (Å²) in [5, 5.41) is 0. The summed E-state index contributed by atoms with van der Waals surface area (Å²) in [6, 6.07) is 1.66. The van der Waals surface area contributed by atoms with Crippen molar-refractivity contribution in [1.29, 1.82) is 0 Å². The van der Waals surface area contributed by atoms with Crippen LogP contribution in [0.25, 0.3) is 0 Å². The maximum Gasteiger partial charge on any atom is 0.379 e. The molecular weight excluding hydrogens is 298 g/mol. The summed E-state index contributed by atoms with van der Waals surface area (Å²) in [7, 11) is 0. The Morgan fingerprint density at radius 3 is 2.87 bits per heavy atom. The molecule has 1 unspecified atom stereocenters. The molecule has 0 aromatic carbocycles. The molecule has 1 aromatic rings. The molecule has 126 valence electrons. The second-order valence-electron chi connectivity index (χ2n) is 6.23. The predicted molar refractivity (Wildman–Crippen MR) is 82.2 cm³/mol. The minimum Gasteiger partial charge on any atom is -0.460 e. The third-order valence-electron chi connectivity index (χ3n) is 4.72. The molecule has 1 atom stereocenters. The molecule has 23 heavy (non-hydrogen) atoms. The number of ether oxygens (including phenoxy) is 3. The average Bonchev–Trinajstić information content (AvgIpc) is 3.18. The molecule has 2 fully saturated rings. The number of hydrogen-bond donors (Lipinski definition) is 0. The van der Waals surface area contributed by atoms with E-state index in [0.29, 0.717) is 25.3 Å². The summed E-state index contributed by atoms with van der Waals surface area (Å²) >= 11 is 0. The van der Waals surface area contributed by atoms with Crippen molar-refractivity contribution >= 4 is 11.8 Å². The molecule has 2 heterocycles. The van der Waals surface area contributed by atoms with E-state index >= 15 is 0 Å². The number of Topliss-reactive ketones (excluding diaryl/α,β-unsaturated/α-hetero) is 1. The molecule has 6 heteroatoms. The zero-order valence-corrected chi connectivity index (χ0v) is 13.5. The molecule has 1 saturated heterocycles. The quantitative estimate of drug-likeness (QED) is 0.470. The maximum atomic E-state index is 11.9. The van der Waals surface area contributed by atoms with Gasteiger partial charge in [-0.2, -0.15) is 0 Å². The Labute approximate surface area is 135 Å². The van der Waals surface area contributed by atoms with Crippen LogP contribution < -0.4 is 0 Å². The molecule has 6 nitrogen and oxygen atoms in total. The Bertz CT molecular complexity index is 575. The van der Waals surface area contributed by atoms with Crippen LogP contribution in [0.5, 0.6) is 0 Å². The summed E-state index contributed by atoms with van der Waals surface area (Å²) in [6.45, 7) is 4.59. The fourth-order valence-corrected chi connectivity index (χ4v) is 3.14. The second kappa shape index (κ2) is 6.84. The molecule has 1 aliphatic carbocycles. The number of rotatable bonds is 5. The standard InChI is InChI=1S/C17H23NO5/c1-2-22-16(20)15(19)13-3-7-18(11-13)12-14-17(4-5-17)6-8-21-9-10-23-14/h3,7,11,14H,2,4-6,8-10,12H2,1H3. The van der Waals surface area contributed by atoms with Gasteiger partial charge in [0.05, 0.1) is 25.9 Å². The molecule has 1 spiro atoms. The van der Waals surface area contributed by atoms with Crippen LogP contribution in [0.3, 0.4) is 0 Å². The Kier molecular flexibility index (Phi) is 4.82. The first-order valence-corrected chi connectivity index (χ1v) is 8.21. The first-order valence-electron chi connectivity index (χ1n) is 8.21. The van der Waals surface area contributed by atoms with Crippen LogP contribution in [-0.2, 0) is 25.5 Å². The number of aromatic nitrogens is 1. The van der Waals surface area contributed by atoms with Crippen molar-refractivity contribution in [3.63, 3.8) is 0 Å². The molecule has 2 aliphatic rings. The lowest BCUT2D eigenvalue weighted by Gasteiger charge is -2.30. The summed E-state index contributed by atoms with van der Waals surface area (Å²) in [4.78, 5) is 23.5. The lowest BCUT2D eigenvalue weighted by atomic mass is 9.94. The van der Waals surface area contributed by atoms with Crippen LogP contribution in [0.15, 0.2) is 18.5 Å².